The maximum absolute atomic E-state index is 12.8. The highest BCUT2D eigenvalue weighted by Gasteiger charge is 2.24. The highest BCUT2D eigenvalue weighted by Crippen LogP contribution is 2.33. The van der Waals surface area contributed by atoms with E-state index in [0.717, 1.165) is 30.0 Å². The van der Waals surface area contributed by atoms with Crippen LogP contribution in [0.15, 0.2) is 54.7 Å². The van der Waals surface area contributed by atoms with Gasteiger partial charge in [-0.1, -0.05) is 30.3 Å². The summed E-state index contributed by atoms with van der Waals surface area (Å²) in [6, 6.07) is 15.6. The van der Waals surface area contributed by atoms with E-state index in [2.05, 4.69) is 26.7 Å². The van der Waals surface area contributed by atoms with Gasteiger partial charge >= 0.3 is 0 Å². The van der Waals surface area contributed by atoms with Crippen molar-refractivity contribution in [2.75, 3.05) is 31.6 Å². The minimum Gasteiger partial charge on any atom is -0.497 e. The Labute approximate surface area is 198 Å². The Morgan fingerprint density at radius 3 is 2.59 bits per heavy atom. The number of anilines is 2. The van der Waals surface area contributed by atoms with Crippen molar-refractivity contribution in [3.05, 3.63) is 71.4 Å². The molecule has 0 saturated heterocycles. The lowest BCUT2D eigenvalue weighted by Gasteiger charge is -2.19. The molecule has 0 spiro atoms. The molecule has 2 N–H and O–H groups in total. The Morgan fingerprint density at radius 1 is 1.06 bits per heavy atom. The van der Waals surface area contributed by atoms with Crippen LogP contribution in [0.3, 0.4) is 0 Å². The van der Waals surface area contributed by atoms with Gasteiger partial charge in [-0.2, -0.15) is 4.98 Å². The van der Waals surface area contributed by atoms with Crippen molar-refractivity contribution >= 4 is 23.5 Å². The van der Waals surface area contributed by atoms with Crippen molar-refractivity contribution in [2.24, 2.45) is 0 Å². The van der Waals surface area contributed by atoms with Gasteiger partial charge in [-0.25, -0.2) is 4.98 Å². The summed E-state index contributed by atoms with van der Waals surface area (Å²) in [4.78, 5) is 35.0. The Bertz CT molecular complexity index is 1170. The normalized spacial score (nSPS) is 12.1. The second-order valence-electron chi connectivity index (χ2n) is 7.79. The number of para-hydroxylation sites is 1. The summed E-state index contributed by atoms with van der Waals surface area (Å²) in [5.74, 6) is 0.895. The number of ether oxygens (including phenoxy) is 2. The van der Waals surface area contributed by atoms with E-state index in [1.165, 1.54) is 18.7 Å². The fourth-order valence-electron chi connectivity index (χ4n) is 3.68. The number of nitrogens with one attached hydrogen (secondary N) is 2. The lowest BCUT2D eigenvalue weighted by Crippen LogP contribution is -2.34. The molecule has 0 unspecified atom stereocenters. The van der Waals surface area contributed by atoms with Crippen LogP contribution in [0.5, 0.6) is 11.6 Å². The highest BCUT2D eigenvalue weighted by atomic mass is 16.5. The maximum Gasteiger partial charge on any atom is 0.258 e. The average Bonchev–Trinajstić information content (AvgIpc) is 3.29. The van der Waals surface area contributed by atoms with Gasteiger partial charge in [-0.05, 0) is 35.7 Å². The zero-order valence-electron chi connectivity index (χ0n) is 19.2. The van der Waals surface area contributed by atoms with E-state index in [4.69, 9.17) is 9.47 Å². The Morgan fingerprint density at radius 2 is 1.82 bits per heavy atom. The molecule has 0 fully saturated rings. The molecule has 0 radical (unpaired) electrons. The molecule has 0 atom stereocenters. The third kappa shape index (κ3) is 5.43. The lowest BCUT2D eigenvalue weighted by molar-refractivity contribution is -0.118. The quantitative estimate of drug-likeness (QED) is 0.472. The van der Waals surface area contributed by atoms with Gasteiger partial charge in [0.15, 0.2) is 0 Å². The van der Waals surface area contributed by atoms with E-state index >= 15 is 0 Å². The van der Waals surface area contributed by atoms with Crippen LogP contribution in [-0.2, 0) is 17.8 Å². The van der Waals surface area contributed by atoms with Crippen LogP contribution in [0.4, 0.5) is 11.6 Å². The number of fused-ring (bicyclic) bond motifs is 1. The number of nitrogens with zero attached hydrogens (tertiary/aromatic N) is 3. The monoisotopic (exact) mass is 461 g/mol. The minimum absolute atomic E-state index is 0.156. The van der Waals surface area contributed by atoms with Gasteiger partial charge < -0.3 is 25.0 Å². The first kappa shape index (κ1) is 23.0. The first-order chi connectivity index (χ1) is 16.5. The number of hydrogen-bond donors (Lipinski definition) is 2. The van der Waals surface area contributed by atoms with Gasteiger partial charge in [0, 0.05) is 38.4 Å². The predicted octanol–water partition coefficient (Wildman–Crippen LogP) is 2.62. The fourth-order valence-corrected chi connectivity index (χ4v) is 3.68. The summed E-state index contributed by atoms with van der Waals surface area (Å²) in [5, 5.41) is 5.41. The largest absolute Gasteiger partial charge is 0.497 e. The first-order valence-electron chi connectivity index (χ1n) is 11.1. The van der Waals surface area contributed by atoms with Crippen LogP contribution in [0.25, 0.3) is 0 Å². The molecule has 176 valence electrons. The number of carbonyl (C=O) groups is 2. The predicted molar refractivity (Wildman–Crippen MR) is 128 cm³/mol. The van der Waals surface area contributed by atoms with Crippen LogP contribution in [0.1, 0.15) is 28.4 Å². The third-order valence-electron chi connectivity index (χ3n) is 5.43. The molecule has 2 aromatic carbocycles. The van der Waals surface area contributed by atoms with E-state index in [1.54, 1.807) is 7.11 Å². The molecule has 0 bridgehead atoms. The molecule has 9 nitrogen and oxygen atoms in total. The van der Waals surface area contributed by atoms with Crippen molar-refractivity contribution < 1.29 is 19.1 Å². The molecule has 0 saturated carbocycles. The van der Waals surface area contributed by atoms with Crippen LogP contribution in [0.2, 0.25) is 0 Å². The SMILES string of the molecule is COc1ccc(COc2nc(N3CCc4ccccc43)ncc2C(=O)NCCNC(C)=O)cc1. The van der Waals surface area contributed by atoms with Gasteiger partial charge in [0.2, 0.25) is 17.7 Å². The fraction of sp³-hybridized carbons (Fsp3) is 0.280. The van der Waals surface area contributed by atoms with Crippen LogP contribution >= 0.6 is 0 Å². The first-order valence-corrected chi connectivity index (χ1v) is 11.1. The number of hydrogen-bond acceptors (Lipinski definition) is 7. The topological polar surface area (TPSA) is 106 Å². The summed E-state index contributed by atoms with van der Waals surface area (Å²) in [6.45, 7) is 3.00. The number of methoxy groups -OCH3 is 1. The Hall–Kier alpha value is -4.14. The van der Waals surface area contributed by atoms with Crippen molar-refractivity contribution in [1.29, 1.82) is 0 Å². The van der Waals surface area contributed by atoms with Gasteiger partial charge in [0.05, 0.1) is 7.11 Å². The van der Waals surface area contributed by atoms with Crippen LogP contribution < -0.4 is 25.0 Å². The Balaban J connectivity index is 1.55. The highest BCUT2D eigenvalue weighted by molar-refractivity contribution is 5.96. The number of amides is 2. The molecule has 1 aliphatic rings. The van der Waals surface area contributed by atoms with E-state index in [0.29, 0.717) is 12.5 Å². The molecule has 2 heterocycles. The van der Waals surface area contributed by atoms with Crippen LogP contribution in [-0.4, -0.2) is 48.5 Å². The summed E-state index contributed by atoms with van der Waals surface area (Å²) in [5.41, 5.74) is 3.42. The van der Waals surface area contributed by atoms with Crippen molar-refractivity contribution in [3.63, 3.8) is 0 Å². The molecular weight excluding hydrogens is 434 g/mol. The summed E-state index contributed by atoms with van der Waals surface area (Å²) < 4.78 is 11.2. The third-order valence-corrected chi connectivity index (χ3v) is 5.43. The standard InChI is InChI=1S/C25H27N5O4/c1-17(31)26-12-13-27-23(32)21-15-28-25(30-14-11-19-5-3-4-6-22(19)30)29-24(21)34-16-18-7-9-20(33-2)10-8-18/h3-10,15H,11-14,16H2,1-2H3,(H,26,31)(H,27,32). The molecule has 9 heteroatoms. The lowest BCUT2D eigenvalue weighted by atomic mass is 10.2. The number of benzene rings is 2. The molecule has 2 amide bonds. The molecule has 0 aliphatic carbocycles. The molecule has 34 heavy (non-hydrogen) atoms. The van der Waals surface area contributed by atoms with E-state index in [-0.39, 0.29) is 36.4 Å². The second kappa shape index (κ2) is 10.7. The number of aromatic nitrogens is 2. The molecule has 1 aromatic heterocycles. The van der Waals surface area contributed by atoms with E-state index in [9.17, 15) is 9.59 Å². The van der Waals surface area contributed by atoms with Gasteiger partial charge in [-0.3, -0.25) is 9.59 Å². The van der Waals surface area contributed by atoms with E-state index in [1.807, 2.05) is 47.4 Å². The summed E-state index contributed by atoms with van der Waals surface area (Å²) >= 11 is 0. The molecule has 3 aromatic rings. The van der Waals surface area contributed by atoms with Crippen molar-refractivity contribution in [2.45, 2.75) is 20.0 Å². The number of rotatable bonds is 9. The summed E-state index contributed by atoms with van der Waals surface area (Å²) in [7, 11) is 1.61. The average molecular weight is 462 g/mol. The molecule has 1 aliphatic heterocycles. The van der Waals surface area contributed by atoms with Gasteiger partial charge in [0.25, 0.3) is 5.91 Å². The molecular formula is C25H27N5O4. The van der Waals surface area contributed by atoms with Crippen LogP contribution in [0, 0.1) is 0 Å². The summed E-state index contributed by atoms with van der Waals surface area (Å²) in [6.07, 6.45) is 2.38. The zero-order chi connectivity index (χ0) is 23.9. The van der Waals surface area contributed by atoms with Crippen molar-refractivity contribution in [1.82, 2.24) is 20.6 Å². The molecule has 4 rings (SSSR count). The Kier molecular flexibility index (Phi) is 7.22. The maximum atomic E-state index is 12.8. The number of carbonyl (C=O) groups excluding carboxylic acids is 2. The van der Waals surface area contributed by atoms with Crippen molar-refractivity contribution in [3.8, 4) is 11.6 Å². The smallest absolute Gasteiger partial charge is 0.258 e. The van der Waals surface area contributed by atoms with Gasteiger partial charge in [0.1, 0.15) is 17.9 Å². The van der Waals surface area contributed by atoms with Gasteiger partial charge in [-0.15, -0.1) is 0 Å². The van der Waals surface area contributed by atoms with E-state index < -0.39 is 0 Å². The minimum atomic E-state index is -0.372. The zero-order valence-corrected chi connectivity index (χ0v) is 19.2. The second-order valence-corrected chi connectivity index (χ2v) is 7.79.